The predicted octanol–water partition coefficient (Wildman–Crippen LogP) is 4.43. The maximum absolute atomic E-state index is 12.9. The van der Waals surface area contributed by atoms with Crippen LogP contribution >= 0.6 is 0 Å². The summed E-state index contributed by atoms with van der Waals surface area (Å²) in [5.74, 6) is -2.75. The minimum atomic E-state index is -0.718. The highest BCUT2D eigenvalue weighted by molar-refractivity contribution is 6.11. The highest BCUT2D eigenvalue weighted by Gasteiger charge is 2.19. The summed E-state index contributed by atoms with van der Waals surface area (Å²) in [6, 6.07) is 22.9. The summed E-state index contributed by atoms with van der Waals surface area (Å²) in [6.45, 7) is 0. The van der Waals surface area contributed by atoms with Crippen molar-refractivity contribution in [1.29, 1.82) is 0 Å². The molecule has 0 spiro atoms. The van der Waals surface area contributed by atoms with Crippen LogP contribution in [0.5, 0.6) is 0 Å². The normalized spacial score (nSPS) is 10.4. The first-order valence-electron chi connectivity index (χ1n) is 12.5. The molecule has 0 bridgehead atoms. The van der Waals surface area contributed by atoms with Gasteiger partial charge in [0.25, 0.3) is 35.0 Å². The van der Waals surface area contributed by atoms with Crippen LogP contribution in [0.3, 0.4) is 0 Å². The van der Waals surface area contributed by atoms with Gasteiger partial charge in [0.2, 0.25) is 0 Å². The second-order valence-corrected chi connectivity index (χ2v) is 8.99. The highest BCUT2D eigenvalue weighted by atomic mass is 16.6. The van der Waals surface area contributed by atoms with Gasteiger partial charge in [0.15, 0.2) is 0 Å². The van der Waals surface area contributed by atoms with Gasteiger partial charge in [-0.3, -0.25) is 50.0 Å². The Hall–Kier alpha value is -6.04. The molecule has 0 aromatic heterocycles. The third kappa shape index (κ3) is 6.93. The van der Waals surface area contributed by atoms with Crippen LogP contribution in [0.1, 0.15) is 52.6 Å². The zero-order chi connectivity index (χ0) is 30.2. The second-order valence-electron chi connectivity index (χ2n) is 8.99. The standard InChI is InChI=1S/C30H22N4O8/c35-27(21-11-15-23(16-12-21)33(39)40)31-29(37)25-7-3-1-5-19(25)9-10-20-6-2-4-8-26(20)30(38)32-28(36)22-13-17-24(18-14-22)34(41)42/h1-8,11-18H,9-10H2,(H,31,35,37)(H,32,36,38). The van der Waals surface area contributed by atoms with Crippen LogP contribution < -0.4 is 10.6 Å². The van der Waals surface area contributed by atoms with E-state index in [9.17, 15) is 39.4 Å². The molecule has 4 amide bonds. The molecular weight excluding hydrogens is 544 g/mol. The molecule has 42 heavy (non-hydrogen) atoms. The van der Waals surface area contributed by atoms with E-state index in [4.69, 9.17) is 0 Å². The first-order chi connectivity index (χ1) is 20.1. The number of nitrogens with one attached hydrogen (secondary N) is 2. The molecule has 0 unspecified atom stereocenters. The first kappa shape index (κ1) is 29.0. The Bertz CT molecular complexity index is 1570. The van der Waals surface area contributed by atoms with Crippen LogP contribution in [0.25, 0.3) is 0 Å². The zero-order valence-electron chi connectivity index (χ0n) is 21.8. The number of hydrogen-bond donors (Lipinski definition) is 2. The lowest BCUT2D eigenvalue weighted by atomic mass is 9.96. The van der Waals surface area contributed by atoms with Gasteiger partial charge in [0.1, 0.15) is 0 Å². The van der Waals surface area contributed by atoms with E-state index in [1.54, 1.807) is 48.5 Å². The van der Waals surface area contributed by atoms with Crippen molar-refractivity contribution < 1.29 is 29.0 Å². The molecule has 210 valence electrons. The Morgan fingerprint density at radius 1 is 0.500 bits per heavy atom. The Kier molecular flexibility index (Phi) is 8.88. The monoisotopic (exact) mass is 566 g/mol. The number of amides is 4. The Labute approximate surface area is 238 Å². The summed E-state index contributed by atoms with van der Waals surface area (Å²) in [6.07, 6.45) is 0.631. The number of carbonyl (C=O) groups excluding carboxylic acids is 4. The van der Waals surface area contributed by atoms with E-state index in [0.29, 0.717) is 24.0 Å². The molecule has 12 nitrogen and oxygen atoms in total. The van der Waals surface area contributed by atoms with E-state index in [1.807, 2.05) is 0 Å². The topological polar surface area (TPSA) is 179 Å². The van der Waals surface area contributed by atoms with Gasteiger partial charge in [-0.2, -0.15) is 0 Å². The fourth-order valence-corrected chi connectivity index (χ4v) is 4.14. The number of carbonyl (C=O) groups is 4. The van der Waals surface area contributed by atoms with Crippen LogP contribution in [0.2, 0.25) is 0 Å². The van der Waals surface area contributed by atoms with Crippen LogP contribution in [-0.4, -0.2) is 33.5 Å². The lowest BCUT2D eigenvalue weighted by Crippen LogP contribution is -2.31. The zero-order valence-corrected chi connectivity index (χ0v) is 21.8. The largest absolute Gasteiger partial charge is 0.288 e. The highest BCUT2D eigenvalue weighted by Crippen LogP contribution is 2.18. The summed E-state index contributed by atoms with van der Waals surface area (Å²) >= 11 is 0. The van der Waals surface area contributed by atoms with Crippen molar-refractivity contribution in [2.75, 3.05) is 0 Å². The van der Waals surface area contributed by atoms with Crippen LogP contribution in [0.15, 0.2) is 97.1 Å². The number of nitro benzene ring substituents is 2. The molecule has 0 aliphatic rings. The first-order valence-corrected chi connectivity index (χ1v) is 12.5. The van der Waals surface area contributed by atoms with E-state index in [2.05, 4.69) is 10.6 Å². The van der Waals surface area contributed by atoms with Crippen molar-refractivity contribution in [3.8, 4) is 0 Å². The van der Waals surface area contributed by atoms with Crippen molar-refractivity contribution in [3.63, 3.8) is 0 Å². The molecular formula is C30H22N4O8. The van der Waals surface area contributed by atoms with Crippen molar-refractivity contribution >= 4 is 35.0 Å². The third-order valence-corrected chi connectivity index (χ3v) is 6.32. The maximum Gasteiger partial charge on any atom is 0.269 e. The maximum atomic E-state index is 12.9. The fourth-order valence-electron chi connectivity index (χ4n) is 4.14. The minimum absolute atomic E-state index is 0.0784. The number of aryl methyl sites for hydroxylation is 2. The van der Waals surface area contributed by atoms with Gasteiger partial charge < -0.3 is 0 Å². The van der Waals surface area contributed by atoms with Crippen LogP contribution in [0.4, 0.5) is 11.4 Å². The van der Waals surface area contributed by atoms with Gasteiger partial charge in [0.05, 0.1) is 9.85 Å². The molecule has 4 rings (SSSR count). The van der Waals surface area contributed by atoms with Gasteiger partial charge in [-0.05, 0) is 60.4 Å². The molecule has 0 saturated carbocycles. The lowest BCUT2D eigenvalue weighted by molar-refractivity contribution is -0.385. The summed E-state index contributed by atoms with van der Waals surface area (Å²) in [5, 5.41) is 26.2. The molecule has 4 aromatic rings. The SMILES string of the molecule is O=C(NC(=O)c1ccccc1CCc1ccccc1C(=O)NC(=O)c1ccc([N+](=O)[O-])cc1)c1ccc([N+](=O)[O-])cc1. The molecule has 12 heteroatoms. The average molecular weight is 567 g/mol. The molecule has 2 N–H and O–H groups in total. The lowest BCUT2D eigenvalue weighted by Gasteiger charge is -2.12. The molecule has 0 heterocycles. The molecule has 0 saturated heterocycles. The molecule has 0 aliphatic heterocycles. The summed E-state index contributed by atoms with van der Waals surface area (Å²) in [4.78, 5) is 71.5. The predicted molar refractivity (Wildman–Crippen MR) is 150 cm³/mol. The van der Waals surface area contributed by atoms with Gasteiger partial charge in [-0.1, -0.05) is 36.4 Å². The fraction of sp³-hybridized carbons (Fsp3) is 0.0667. The van der Waals surface area contributed by atoms with Gasteiger partial charge >= 0.3 is 0 Å². The molecule has 0 aliphatic carbocycles. The molecule has 0 radical (unpaired) electrons. The summed E-state index contributed by atoms with van der Waals surface area (Å²) in [7, 11) is 0. The number of rotatable bonds is 9. The van der Waals surface area contributed by atoms with Gasteiger partial charge in [-0.25, -0.2) is 0 Å². The van der Waals surface area contributed by atoms with Crippen molar-refractivity contribution in [1.82, 2.24) is 10.6 Å². The van der Waals surface area contributed by atoms with E-state index in [0.717, 1.165) is 0 Å². The minimum Gasteiger partial charge on any atom is -0.288 e. The number of imide groups is 2. The van der Waals surface area contributed by atoms with Crippen molar-refractivity contribution in [2.45, 2.75) is 12.8 Å². The smallest absolute Gasteiger partial charge is 0.269 e. The third-order valence-electron chi connectivity index (χ3n) is 6.32. The Balaban J connectivity index is 1.44. The average Bonchev–Trinajstić information content (AvgIpc) is 3.00. The van der Waals surface area contributed by atoms with Gasteiger partial charge in [0, 0.05) is 46.5 Å². The van der Waals surface area contributed by atoms with E-state index < -0.39 is 33.5 Å². The summed E-state index contributed by atoms with van der Waals surface area (Å²) < 4.78 is 0. The molecule has 0 atom stereocenters. The van der Waals surface area contributed by atoms with Gasteiger partial charge in [-0.15, -0.1) is 0 Å². The summed E-state index contributed by atoms with van der Waals surface area (Å²) in [5.41, 5.74) is 1.46. The Morgan fingerprint density at radius 2 is 0.833 bits per heavy atom. The number of nitrogens with zero attached hydrogens (tertiary/aromatic N) is 2. The number of benzene rings is 4. The van der Waals surface area contributed by atoms with E-state index in [-0.39, 0.29) is 33.6 Å². The molecule has 0 fully saturated rings. The Morgan fingerprint density at radius 3 is 1.17 bits per heavy atom. The number of nitro groups is 2. The number of non-ortho nitro benzene ring substituents is 2. The van der Waals surface area contributed by atoms with E-state index >= 15 is 0 Å². The van der Waals surface area contributed by atoms with Crippen molar-refractivity contribution in [3.05, 3.63) is 151 Å². The second kappa shape index (κ2) is 12.9. The number of hydrogen-bond acceptors (Lipinski definition) is 8. The molecule has 4 aromatic carbocycles. The van der Waals surface area contributed by atoms with Crippen LogP contribution in [0, 0.1) is 20.2 Å². The van der Waals surface area contributed by atoms with Crippen molar-refractivity contribution in [2.24, 2.45) is 0 Å². The quantitative estimate of drug-likeness (QED) is 0.170. The van der Waals surface area contributed by atoms with E-state index in [1.165, 1.54) is 48.5 Å². The van der Waals surface area contributed by atoms with Crippen LogP contribution in [-0.2, 0) is 12.8 Å².